The average Bonchev–Trinajstić information content (AvgIpc) is 2.82. The smallest absolute Gasteiger partial charge is 0.405 e. The Kier molecular flexibility index (Phi) is 4.46. The Morgan fingerprint density at radius 2 is 2.04 bits per heavy atom. The average molecular weight is 339 g/mol. The number of carbonyl (C=O) groups is 1. The van der Waals surface area contributed by atoms with Crippen LogP contribution in [-0.2, 0) is 17.6 Å². The van der Waals surface area contributed by atoms with Crippen LogP contribution in [0.5, 0.6) is 5.75 Å². The fourth-order valence-corrected chi connectivity index (χ4v) is 3.73. The largest absolute Gasteiger partial charge is 0.496 e. The standard InChI is InChI=1S/C21H25NO3/c1-5-13-7-6-8-14(9-13)16-10-15-12-21(2,3)19(25-20(22)23)17(15)11-18(16)24-4/h6-11,19H,5,12H2,1-4H3,(H2,22,23). The van der Waals surface area contributed by atoms with Crippen LogP contribution >= 0.6 is 0 Å². The van der Waals surface area contributed by atoms with Crippen molar-refractivity contribution in [2.75, 3.05) is 7.11 Å². The number of aryl methyl sites for hydroxylation is 1. The Morgan fingerprint density at radius 3 is 2.68 bits per heavy atom. The van der Waals surface area contributed by atoms with Gasteiger partial charge in [-0.3, -0.25) is 0 Å². The predicted octanol–water partition coefficient (Wildman–Crippen LogP) is 4.64. The third-order valence-electron chi connectivity index (χ3n) is 4.98. The van der Waals surface area contributed by atoms with Gasteiger partial charge in [0.25, 0.3) is 0 Å². The number of fused-ring (bicyclic) bond motifs is 1. The highest BCUT2D eigenvalue weighted by Crippen LogP contribution is 2.50. The zero-order chi connectivity index (χ0) is 18.2. The molecule has 1 aliphatic rings. The van der Waals surface area contributed by atoms with Crippen molar-refractivity contribution >= 4 is 6.09 Å². The predicted molar refractivity (Wildman–Crippen MR) is 98.7 cm³/mol. The molecule has 0 spiro atoms. The summed E-state index contributed by atoms with van der Waals surface area (Å²) in [6, 6.07) is 12.6. The third-order valence-corrected chi connectivity index (χ3v) is 4.98. The van der Waals surface area contributed by atoms with E-state index in [1.54, 1.807) is 7.11 Å². The maximum Gasteiger partial charge on any atom is 0.405 e. The van der Waals surface area contributed by atoms with E-state index in [9.17, 15) is 4.79 Å². The lowest BCUT2D eigenvalue weighted by Crippen LogP contribution is -2.25. The number of ether oxygens (including phenoxy) is 2. The lowest BCUT2D eigenvalue weighted by atomic mass is 9.87. The van der Waals surface area contributed by atoms with Crippen molar-refractivity contribution in [3.05, 3.63) is 53.1 Å². The molecule has 2 N–H and O–H groups in total. The van der Waals surface area contributed by atoms with Crippen LogP contribution in [0, 0.1) is 5.41 Å². The molecule has 2 aromatic rings. The van der Waals surface area contributed by atoms with Gasteiger partial charge in [-0.1, -0.05) is 45.0 Å². The van der Waals surface area contributed by atoms with E-state index < -0.39 is 6.09 Å². The van der Waals surface area contributed by atoms with Gasteiger partial charge < -0.3 is 15.2 Å². The number of hydrogen-bond donors (Lipinski definition) is 1. The lowest BCUT2D eigenvalue weighted by molar-refractivity contribution is 0.0391. The summed E-state index contributed by atoms with van der Waals surface area (Å²) < 4.78 is 11.1. The molecule has 0 heterocycles. The van der Waals surface area contributed by atoms with Crippen LogP contribution in [0.15, 0.2) is 36.4 Å². The van der Waals surface area contributed by atoms with Gasteiger partial charge in [0.1, 0.15) is 11.9 Å². The van der Waals surface area contributed by atoms with Gasteiger partial charge in [0, 0.05) is 11.0 Å². The van der Waals surface area contributed by atoms with Crippen molar-refractivity contribution in [3.8, 4) is 16.9 Å². The van der Waals surface area contributed by atoms with Crippen molar-refractivity contribution in [2.45, 2.75) is 39.7 Å². The van der Waals surface area contributed by atoms with E-state index in [1.807, 2.05) is 6.07 Å². The van der Waals surface area contributed by atoms with Crippen LogP contribution < -0.4 is 10.5 Å². The number of benzene rings is 2. The van der Waals surface area contributed by atoms with Crippen LogP contribution in [0.1, 0.15) is 43.6 Å². The molecule has 0 radical (unpaired) electrons. The van der Waals surface area contributed by atoms with E-state index in [0.717, 1.165) is 35.3 Å². The van der Waals surface area contributed by atoms with E-state index >= 15 is 0 Å². The first-order valence-corrected chi connectivity index (χ1v) is 8.62. The minimum Gasteiger partial charge on any atom is -0.496 e. The zero-order valence-electron chi connectivity index (χ0n) is 15.3. The molecular formula is C21H25NO3. The van der Waals surface area contributed by atoms with Gasteiger partial charge in [0.05, 0.1) is 7.11 Å². The van der Waals surface area contributed by atoms with Crippen molar-refractivity contribution < 1.29 is 14.3 Å². The molecule has 1 amide bonds. The molecule has 0 saturated carbocycles. The Balaban J connectivity index is 2.11. The topological polar surface area (TPSA) is 61.6 Å². The summed E-state index contributed by atoms with van der Waals surface area (Å²) in [6.07, 6.45) is 0.711. The lowest BCUT2D eigenvalue weighted by Gasteiger charge is -2.26. The second kappa shape index (κ2) is 6.43. The van der Waals surface area contributed by atoms with E-state index in [2.05, 4.69) is 51.1 Å². The van der Waals surface area contributed by atoms with Crippen molar-refractivity contribution in [1.82, 2.24) is 0 Å². The van der Waals surface area contributed by atoms with E-state index in [-0.39, 0.29) is 11.5 Å². The van der Waals surface area contributed by atoms with E-state index in [4.69, 9.17) is 15.2 Å². The number of methoxy groups -OCH3 is 1. The maximum atomic E-state index is 11.3. The summed E-state index contributed by atoms with van der Waals surface area (Å²) in [5, 5.41) is 0. The number of nitrogens with two attached hydrogens (primary N) is 1. The summed E-state index contributed by atoms with van der Waals surface area (Å²) in [5.74, 6) is 0.780. The molecule has 0 saturated heterocycles. The van der Waals surface area contributed by atoms with E-state index in [1.165, 1.54) is 11.1 Å². The van der Waals surface area contributed by atoms with Crippen LogP contribution in [0.4, 0.5) is 4.79 Å². The molecule has 132 valence electrons. The summed E-state index contributed by atoms with van der Waals surface area (Å²) in [5.41, 5.74) is 10.7. The molecule has 25 heavy (non-hydrogen) atoms. The monoisotopic (exact) mass is 339 g/mol. The molecule has 0 bridgehead atoms. The number of primary amides is 1. The Morgan fingerprint density at radius 1 is 1.28 bits per heavy atom. The normalized spacial score (nSPS) is 17.8. The van der Waals surface area contributed by atoms with Crippen molar-refractivity contribution in [2.24, 2.45) is 11.1 Å². The molecule has 0 fully saturated rings. The van der Waals surface area contributed by atoms with Gasteiger partial charge in [0.15, 0.2) is 0 Å². The SMILES string of the molecule is CCc1cccc(-c2cc3c(cc2OC)C(OC(N)=O)C(C)(C)C3)c1. The first-order chi connectivity index (χ1) is 11.9. The Labute approximate surface area is 148 Å². The number of amides is 1. The number of carbonyl (C=O) groups excluding carboxylic acids is 1. The van der Waals surface area contributed by atoms with Gasteiger partial charge >= 0.3 is 6.09 Å². The minimum atomic E-state index is -0.746. The second-order valence-corrected chi connectivity index (χ2v) is 7.29. The molecule has 0 aliphatic heterocycles. The van der Waals surface area contributed by atoms with Crippen LogP contribution in [0.25, 0.3) is 11.1 Å². The van der Waals surface area contributed by atoms with Crippen LogP contribution in [-0.4, -0.2) is 13.2 Å². The van der Waals surface area contributed by atoms with Crippen molar-refractivity contribution in [3.63, 3.8) is 0 Å². The molecule has 1 atom stereocenters. The highest BCUT2D eigenvalue weighted by Gasteiger charge is 2.42. The molecule has 3 rings (SSSR count). The van der Waals surface area contributed by atoms with Gasteiger partial charge in [-0.05, 0) is 47.2 Å². The first-order valence-electron chi connectivity index (χ1n) is 8.62. The van der Waals surface area contributed by atoms with Crippen molar-refractivity contribution in [1.29, 1.82) is 0 Å². The summed E-state index contributed by atoms with van der Waals surface area (Å²) >= 11 is 0. The zero-order valence-corrected chi connectivity index (χ0v) is 15.3. The summed E-state index contributed by atoms with van der Waals surface area (Å²) in [7, 11) is 1.67. The number of rotatable bonds is 4. The second-order valence-electron chi connectivity index (χ2n) is 7.29. The number of hydrogen-bond acceptors (Lipinski definition) is 3. The minimum absolute atomic E-state index is 0.202. The highest BCUT2D eigenvalue weighted by molar-refractivity contribution is 5.74. The van der Waals surface area contributed by atoms with E-state index in [0.29, 0.717) is 0 Å². The summed E-state index contributed by atoms with van der Waals surface area (Å²) in [4.78, 5) is 11.3. The molecule has 1 unspecified atom stereocenters. The van der Waals surface area contributed by atoms with Gasteiger partial charge in [-0.15, -0.1) is 0 Å². The molecule has 4 heteroatoms. The third kappa shape index (κ3) is 3.21. The van der Waals surface area contributed by atoms with Gasteiger partial charge in [0.2, 0.25) is 0 Å². The molecular weight excluding hydrogens is 314 g/mol. The fourth-order valence-electron chi connectivity index (χ4n) is 3.73. The van der Waals surface area contributed by atoms with Crippen LogP contribution in [0.2, 0.25) is 0 Å². The summed E-state index contributed by atoms with van der Waals surface area (Å²) in [6.45, 7) is 6.32. The molecule has 0 aromatic heterocycles. The van der Waals surface area contributed by atoms with Gasteiger partial charge in [-0.2, -0.15) is 0 Å². The molecule has 2 aromatic carbocycles. The Hall–Kier alpha value is -2.49. The first kappa shape index (κ1) is 17.3. The quantitative estimate of drug-likeness (QED) is 0.882. The highest BCUT2D eigenvalue weighted by atomic mass is 16.6. The molecule has 1 aliphatic carbocycles. The Bertz CT molecular complexity index is 811. The molecule has 4 nitrogen and oxygen atoms in total. The maximum absolute atomic E-state index is 11.3. The van der Waals surface area contributed by atoms with Gasteiger partial charge in [-0.25, -0.2) is 4.79 Å². The fraction of sp³-hybridized carbons (Fsp3) is 0.381. The van der Waals surface area contributed by atoms with Crippen LogP contribution in [0.3, 0.4) is 0 Å².